The summed E-state index contributed by atoms with van der Waals surface area (Å²) in [6, 6.07) is 31.1. The minimum atomic E-state index is -4.41. The Labute approximate surface area is 329 Å². The van der Waals surface area contributed by atoms with Crippen molar-refractivity contribution in [3.05, 3.63) is 130 Å². The Morgan fingerprint density at radius 2 is 1.56 bits per heavy atom. The summed E-state index contributed by atoms with van der Waals surface area (Å²) in [4.78, 5) is 32.3. The summed E-state index contributed by atoms with van der Waals surface area (Å²) in [7, 11) is -0.482. The van der Waals surface area contributed by atoms with Gasteiger partial charge in [0.25, 0.3) is 21.6 Å². The van der Waals surface area contributed by atoms with Gasteiger partial charge in [0.05, 0.1) is 9.82 Å². The minimum absolute atomic E-state index is 0.132. The van der Waals surface area contributed by atoms with E-state index < -0.39 is 20.9 Å². The molecule has 1 fully saturated rings. The van der Waals surface area contributed by atoms with Crippen LogP contribution in [0.2, 0.25) is 0 Å². The van der Waals surface area contributed by atoms with Gasteiger partial charge in [-0.2, -0.15) is 0 Å². The summed E-state index contributed by atoms with van der Waals surface area (Å²) in [6.45, 7) is 5.29. The van der Waals surface area contributed by atoms with Gasteiger partial charge in [0.1, 0.15) is 5.69 Å². The van der Waals surface area contributed by atoms with E-state index in [1.165, 1.54) is 36.1 Å². The third kappa shape index (κ3) is 11.0. The monoisotopic (exact) mass is 782 g/mol. The van der Waals surface area contributed by atoms with Crippen molar-refractivity contribution in [3.63, 3.8) is 0 Å². The van der Waals surface area contributed by atoms with Crippen LogP contribution >= 0.6 is 11.8 Å². The van der Waals surface area contributed by atoms with E-state index in [1.807, 2.05) is 61.5 Å². The van der Waals surface area contributed by atoms with Gasteiger partial charge in [-0.15, -0.1) is 11.8 Å². The number of hydrogen-bond acceptors (Lipinski definition) is 10. The highest BCUT2D eigenvalue weighted by atomic mass is 32.2. The van der Waals surface area contributed by atoms with Gasteiger partial charge < -0.3 is 15.1 Å². The quantitative estimate of drug-likeness (QED) is 0.0675. The molecule has 0 saturated carbocycles. The van der Waals surface area contributed by atoms with Crippen molar-refractivity contribution in [2.45, 2.75) is 47.9 Å². The Hall–Kier alpha value is -4.69. The Kier molecular flexibility index (Phi) is 13.6. The summed E-state index contributed by atoms with van der Waals surface area (Å²) in [5, 5.41) is 15.5. The van der Waals surface area contributed by atoms with E-state index in [9.17, 15) is 23.3 Å². The molecule has 290 valence electrons. The van der Waals surface area contributed by atoms with Crippen molar-refractivity contribution in [2.75, 3.05) is 69.3 Å². The maximum atomic E-state index is 13.3. The van der Waals surface area contributed by atoms with Crippen molar-refractivity contribution >= 4 is 50.3 Å². The van der Waals surface area contributed by atoms with Crippen LogP contribution in [0, 0.1) is 10.1 Å². The standard InChI is InChI=1S/C42H50N6O5S2/c1-45(2)24-23-35(31-54-37-14-7-4-8-15-37)43-40-22-21-38(29-41(40)48(50)51)55(52,53)44-42(49)33-17-19-36(20-18-33)47-27-25-46(26-28-47)30-34-13-9-10-16-39(34)32-11-5-3-6-12-32/h3-8,11-12,14-15,17-22,29,35,43H,9-10,13,16,23-28,30-31H2,1-2H3,(H,44,49)/t35-/m1/s1. The van der Waals surface area contributed by atoms with Crippen LogP contribution < -0.4 is 14.9 Å². The molecule has 2 N–H and O–H groups in total. The number of nitro groups is 1. The molecule has 2 aliphatic rings. The third-order valence-corrected chi connectivity index (χ3v) is 12.7. The second-order valence-electron chi connectivity index (χ2n) is 14.4. The van der Waals surface area contributed by atoms with Crippen molar-refractivity contribution in [2.24, 2.45) is 0 Å². The number of benzene rings is 4. The van der Waals surface area contributed by atoms with E-state index in [4.69, 9.17) is 0 Å². The van der Waals surface area contributed by atoms with Gasteiger partial charge in [-0.25, -0.2) is 13.1 Å². The minimum Gasteiger partial charge on any atom is -0.376 e. The second kappa shape index (κ2) is 18.8. The fourth-order valence-electron chi connectivity index (χ4n) is 7.12. The highest BCUT2D eigenvalue weighted by molar-refractivity contribution is 7.99. The lowest BCUT2D eigenvalue weighted by Gasteiger charge is -2.37. The van der Waals surface area contributed by atoms with Crippen LogP contribution in [0.15, 0.2) is 118 Å². The maximum Gasteiger partial charge on any atom is 0.293 e. The first kappa shape index (κ1) is 40.0. The average Bonchev–Trinajstić information content (AvgIpc) is 3.20. The zero-order valence-electron chi connectivity index (χ0n) is 31.5. The van der Waals surface area contributed by atoms with Crippen LogP contribution in [0.3, 0.4) is 0 Å². The van der Waals surface area contributed by atoms with E-state index >= 15 is 0 Å². The second-order valence-corrected chi connectivity index (χ2v) is 17.2. The van der Waals surface area contributed by atoms with Gasteiger partial charge >= 0.3 is 0 Å². The molecule has 0 spiro atoms. The molecule has 1 atom stereocenters. The Bertz CT molecular complexity index is 2050. The van der Waals surface area contributed by atoms with Crippen molar-refractivity contribution in [1.29, 1.82) is 0 Å². The molecule has 0 radical (unpaired) electrons. The van der Waals surface area contributed by atoms with Gasteiger partial charge in [-0.05, 0) is 112 Å². The molecule has 1 saturated heterocycles. The summed E-state index contributed by atoms with van der Waals surface area (Å²) in [5.41, 5.74) is 5.37. The Balaban J connectivity index is 1.06. The Morgan fingerprint density at radius 3 is 2.24 bits per heavy atom. The van der Waals surface area contributed by atoms with Gasteiger partial charge in [0.2, 0.25) is 0 Å². The number of thioether (sulfide) groups is 1. The molecule has 0 unspecified atom stereocenters. The molecule has 0 bridgehead atoms. The van der Waals surface area contributed by atoms with E-state index in [0.717, 1.165) is 68.8 Å². The van der Waals surface area contributed by atoms with Crippen LogP contribution in [0.25, 0.3) is 5.57 Å². The van der Waals surface area contributed by atoms with Crippen LogP contribution in [0.4, 0.5) is 17.1 Å². The molecule has 4 aromatic carbocycles. The Morgan fingerprint density at radius 1 is 0.891 bits per heavy atom. The van der Waals surface area contributed by atoms with Gasteiger partial charge in [-0.1, -0.05) is 54.1 Å². The average molecular weight is 783 g/mol. The lowest BCUT2D eigenvalue weighted by atomic mass is 9.87. The molecule has 13 heteroatoms. The van der Waals surface area contributed by atoms with Crippen molar-refractivity contribution in [3.8, 4) is 0 Å². The SMILES string of the molecule is CN(C)CC[C@H](CSc1ccccc1)Nc1ccc(S(=O)(=O)NC(=O)c2ccc(N3CCN(CC4=C(c5ccccc5)CCCC4)CC3)cc2)cc1[N+](=O)[O-]. The van der Waals surface area contributed by atoms with Crippen LogP contribution in [-0.4, -0.2) is 94.2 Å². The van der Waals surface area contributed by atoms with E-state index in [2.05, 4.69) is 50.2 Å². The van der Waals surface area contributed by atoms with Crippen molar-refractivity contribution in [1.82, 2.24) is 14.5 Å². The predicted molar refractivity (Wildman–Crippen MR) is 222 cm³/mol. The number of sulfonamides is 1. The summed E-state index contributed by atoms with van der Waals surface area (Å²) in [5.74, 6) is -0.160. The highest BCUT2D eigenvalue weighted by Gasteiger charge is 2.26. The van der Waals surface area contributed by atoms with Crippen LogP contribution in [0.1, 0.15) is 48.0 Å². The summed E-state index contributed by atoms with van der Waals surface area (Å²) in [6.07, 6.45) is 5.47. The first-order valence-corrected chi connectivity index (χ1v) is 21.3. The molecule has 0 aromatic heterocycles. The summed E-state index contributed by atoms with van der Waals surface area (Å²) >= 11 is 1.64. The number of anilines is 2. The number of carbonyl (C=O) groups is 1. The van der Waals surface area contributed by atoms with E-state index in [0.29, 0.717) is 12.2 Å². The molecule has 1 aliphatic carbocycles. The highest BCUT2D eigenvalue weighted by Crippen LogP contribution is 2.33. The molecule has 4 aromatic rings. The van der Waals surface area contributed by atoms with Gasteiger partial charge in [-0.3, -0.25) is 19.8 Å². The first-order chi connectivity index (χ1) is 26.6. The number of nitrogens with zero attached hydrogens (tertiary/aromatic N) is 4. The number of carbonyl (C=O) groups excluding carboxylic acids is 1. The number of allylic oxidation sites excluding steroid dienone is 1. The molecule has 11 nitrogen and oxygen atoms in total. The van der Waals surface area contributed by atoms with Crippen LogP contribution in [0.5, 0.6) is 0 Å². The number of nitrogens with one attached hydrogen (secondary N) is 2. The molecule has 1 amide bonds. The number of piperazine rings is 1. The normalized spacial score (nSPS) is 15.9. The maximum absolute atomic E-state index is 13.3. The van der Waals surface area contributed by atoms with Crippen LogP contribution in [-0.2, 0) is 10.0 Å². The number of nitro benzene ring substituents is 1. The zero-order valence-corrected chi connectivity index (χ0v) is 33.2. The summed E-state index contributed by atoms with van der Waals surface area (Å²) < 4.78 is 28.8. The lowest BCUT2D eigenvalue weighted by Crippen LogP contribution is -2.47. The van der Waals surface area contributed by atoms with E-state index in [-0.39, 0.29) is 27.9 Å². The van der Waals surface area contributed by atoms with E-state index in [1.54, 1.807) is 29.5 Å². The zero-order chi connectivity index (χ0) is 38.8. The lowest BCUT2D eigenvalue weighted by molar-refractivity contribution is -0.384. The molecule has 1 heterocycles. The largest absolute Gasteiger partial charge is 0.376 e. The first-order valence-electron chi connectivity index (χ1n) is 18.8. The third-order valence-electron chi connectivity index (χ3n) is 10.2. The molecule has 55 heavy (non-hydrogen) atoms. The molecule has 6 rings (SSSR count). The fraction of sp³-hybridized carbons (Fsp3) is 0.357. The topological polar surface area (TPSA) is 128 Å². The molecular formula is C42H50N6O5S2. The number of rotatable bonds is 16. The molecular weight excluding hydrogens is 733 g/mol. The predicted octanol–water partition coefficient (Wildman–Crippen LogP) is 7.39. The van der Waals surface area contributed by atoms with Gasteiger partial charge in [0.15, 0.2) is 0 Å². The van der Waals surface area contributed by atoms with Gasteiger partial charge in [0, 0.05) is 66.7 Å². The number of amides is 1. The number of hydrogen-bond donors (Lipinski definition) is 2. The molecule has 1 aliphatic heterocycles. The fourth-order valence-corrected chi connectivity index (χ4v) is 9.11. The van der Waals surface area contributed by atoms with Crippen molar-refractivity contribution < 1.29 is 18.1 Å². The smallest absolute Gasteiger partial charge is 0.293 e.